The Morgan fingerprint density at radius 1 is 0.512 bits per heavy atom. The number of hydrogen-bond acceptors (Lipinski definition) is 13. The van der Waals surface area contributed by atoms with Gasteiger partial charge in [-0.2, -0.15) is 0 Å². The number of benzene rings is 6. The highest BCUT2D eigenvalue weighted by molar-refractivity contribution is 6.23. The molecule has 0 atom stereocenters. The van der Waals surface area contributed by atoms with E-state index in [-0.39, 0.29) is 54.2 Å². The maximum absolute atomic E-state index is 13.3. The molecule has 0 bridgehead atoms. The summed E-state index contributed by atoms with van der Waals surface area (Å²) in [6.45, 7) is 16.7. The number of nitrogens with one attached hydrogen (secondary N) is 2. The number of carbonyl (C=O) groups excluding carboxylic acids is 5. The number of aryl methyl sites for hydroxylation is 2. The number of amides is 2. The number of rotatable bonds is 14. The van der Waals surface area contributed by atoms with Gasteiger partial charge >= 0.3 is 11.9 Å². The fourth-order valence-corrected chi connectivity index (χ4v) is 10.6. The Morgan fingerprint density at radius 2 is 0.881 bits per heavy atom. The molecule has 8 aromatic rings. The Morgan fingerprint density at radius 3 is 1.23 bits per heavy atom. The maximum Gasteiger partial charge on any atom is 0.320 e. The molecule has 10 rings (SSSR count). The predicted molar refractivity (Wildman–Crippen MR) is 324 cm³/mol. The highest BCUT2D eigenvalue weighted by atomic mass is 16.6. The molecule has 432 valence electrons. The minimum atomic E-state index is -0.873. The van der Waals surface area contributed by atoms with E-state index in [4.69, 9.17) is 19.8 Å². The molecule has 6 aromatic carbocycles. The van der Waals surface area contributed by atoms with E-state index in [2.05, 4.69) is 9.97 Å². The van der Waals surface area contributed by atoms with Crippen molar-refractivity contribution in [2.24, 2.45) is 9.98 Å². The summed E-state index contributed by atoms with van der Waals surface area (Å²) in [4.78, 5) is 96.9. The Balaban J connectivity index is 0.000000202. The van der Waals surface area contributed by atoms with Crippen molar-refractivity contribution in [2.45, 2.75) is 54.1 Å². The summed E-state index contributed by atoms with van der Waals surface area (Å²) in [5.74, 6) is -1.51. The van der Waals surface area contributed by atoms with Gasteiger partial charge < -0.3 is 39.8 Å². The van der Waals surface area contributed by atoms with E-state index in [9.17, 15) is 39.0 Å². The number of aliphatic imine (C=N–C) groups is 2. The van der Waals surface area contributed by atoms with Crippen molar-refractivity contribution in [3.05, 3.63) is 189 Å². The summed E-state index contributed by atoms with van der Waals surface area (Å²) < 4.78 is 5.42. The average Bonchev–Trinajstić information content (AvgIpc) is 2.11. The van der Waals surface area contributed by atoms with Gasteiger partial charge in [-0.1, -0.05) is 60.7 Å². The topological polar surface area (TPSA) is 242 Å². The zero-order valence-electron chi connectivity index (χ0n) is 48.2. The fourth-order valence-electron chi connectivity index (χ4n) is 10.6. The number of H-pyrrole nitrogens is 2. The molecule has 2 amide bonds. The van der Waals surface area contributed by atoms with Gasteiger partial charge in [0.25, 0.3) is 11.8 Å². The van der Waals surface area contributed by atoms with Crippen LogP contribution < -0.4 is 0 Å². The number of fused-ring (bicyclic) bond motifs is 2. The predicted octanol–water partition coefficient (Wildman–Crippen LogP) is 10.0. The van der Waals surface area contributed by atoms with Crippen molar-refractivity contribution in [1.29, 1.82) is 0 Å². The molecule has 2 saturated heterocycles. The first-order valence-electron chi connectivity index (χ1n) is 27.8. The van der Waals surface area contributed by atoms with Crippen LogP contribution in [0.15, 0.2) is 143 Å². The molecule has 2 aliphatic rings. The van der Waals surface area contributed by atoms with E-state index in [1.807, 2.05) is 117 Å². The van der Waals surface area contributed by atoms with Crippen LogP contribution in [0.25, 0.3) is 21.8 Å². The molecule has 0 unspecified atom stereocenters. The number of aromatic amines is 2. The van der Waals surface area contributed by atoms with Crippen molar-refractivity contribution in [1.82, 2.24) is 29.6 Å². The summed E-state index contributed by atoms with van der Waals surface area (Å²) in [5.41, 5.74) is 9.62. The lowest BCUT2D eigenvalue weighted by atomic mass is 9.97. The molecule has 2 aliphatic heterocycles. The number of nitrogens with zero attached hydrogens (tertiary/aromatic N) is 6. The first-order valence-corrected chi connectivity index (χ1v) is 27.8. The van der Waals surface area contributed by atoms with Gasteiger partial charge in [-0.25, -0.2) is 9.98 Å². The highest BCUT2D eigenvalue weighted by Crippen LogP contribution is 2.36. The third kappa shape index (κ3) is 13.9. The SMILES string of the molecule is CC(=O)c1cc2[nH]c(O)c(C(=Nc3ccc(C(=O)N4CCN(CC(=O)O)CC4)cc3)c3ccccc3)c2cc1C.CC(=O)c1cc2[nH]c(O)c(C(=Nc3ccc(C(=O)N4CCN(CC(=O)OC(C)(C)C)CC4)cc3)c3ccccc3)c2cc1C. The van der Waals surface area contributed by atoms with E-state index >= 15 is 0 Å². The fraction of sp³-hybridized carbons (Fsp3) is 0.273. The van der Waals surface area contributed by atoms with Crippen LogP contribution in [0, 0.1) is 13.8 Å². The van der Waals surface area contributed by atoms with Gasteiger partial charge in [-0.05, 0) is 132 Å². The second-order valence-corrected chi connectivity index (χ2v) is 22.1. The number of ketones is 2. The summed E-state index contributed by atoms with van der Waals surface area (Å²) >= 11 is 0. The summed E-state index contributed by atoms with van der Waals surface area (Å²) in [6.07, 6.45) is 0. The molecule has 0 spiro atoms. The van der Waals surface area contributed by atoms with Crippen LogP contribution in [0.1, 0.15) is 109 Å². The lowest BCUT2D eigenvalue weighted by Crippen LogP contribution is -2.50. The number of aliphatic carboxylic acids is 1. The lowest BCUT2D eigenvalue weighted by molar-refractivity contribution is -0.156. The van der Waals surface area contributed by atoms with Crippen LogP contribution in [0.2, 0.25) is 0 Å². The molecule has 84 heavy (non-hydrogen) atoms. The van der Waals surface area contributed by atoms with Gasteiger partial charge in [-0.15, -0.1) is 0 Å². The van der Waals surface area contributed by atoms with E-state index in [0.717, 1.165) is 33.0 Å². The number of esters is 1. The standard InChI is InChI=1S/C35H38N4O5.C31H30N4O5/c1-22-19-28-29(20-27(22)23(2)40)37-33(42)31(28)32(24-9-7-6-8-10-24)36-26-13-11-25(12-14-26)34(43)39-17-15-38(16-18-39)21-30(41)44-35(3,4)5;1-19-16-25-26(17-24(19)20(2)36)33-30(39)28(25)29(21-6-4-3-5-7-21)32-23-10-8-22(9-11-23)31(40)35-14-12-34(13-15-35)18-27(37)38/h6-14,19-20,37,42H,15-18,21H2,1-5H3;3-11,16-17,33,39H,12-15,18H2,1-2H3,(H,37,38). The van der Waals surface area contributed by atoms with Crippen LogP contribution in [0.4, 0.5) is 11.4 Å². The van der Waals surface area contributed by atoms with E-state index in [0.29, 0.717) is 120 Å². The number of aromatic nitrogens is 2. The Labute approximate surface area is 486 Å². The zero-order chi connectivity index (χ0) is 60.0. The largest absolute Gasteiger partial charge is 0.494 e. The van der Waals surface area contributed by atoms with Crippen LogP contribution in [-0.4, -0.2) is 163 Å². The quantitative estimate of drug-likeness (QED) is 0.0388. The van der Waals surface area contributed by atoms with Gasteiger partial charge in [0, 0.05) is 108 Å². The second-order valence-electron chi connectivity index (χ2n) is 22.1. The van der Waals surface area contributed by atoms with Crippen LogP contribution >= 0.6 is 0 Å². The van der Waals surface area contributed by atoms with Crippen molar-refractivity contribution >= 4 is 79.9 Å². The number of Topliss-reactive ketones (excluding diaryl/α,β-unsaturated/α-hetero) is 2. The minimum Gasteiger partial charge on any atom is -0.494 e. The third-order valence-electron chi connectivity index (χ3n) is 14.7. The number of carboxylic acid groups (broad SMARTS) is 1. The van der Waals surface area contributed by atoms with Gasteiger partial charge in [0.15, 0.2) is 23.3 Å². The first kappa shape index (κ1) is 59.1. The number of hydrogen-bond donors (Lipinski definition) is 5. The normalized spacial score (nSPS) is 14.5. The Kier molecular flexibility index (Phi) is 17.8. The summed E-state index contributed by atoms with van der Waals surface area (Å²) in [5, 5.41) is 32.5. The summed E-state index contributed by atoms with van der Waals surface area (Å²) in [7, 11) is 0. The molecule has 18 heteroatoms. The van der Waals surface area contributed by atoms with Gasteiger partial charge in [-0.3, -0.25) is 38.6 Å². The molecule has 2 fully saturated rings. The van der Waals surface area contributed by atoms with Crippen molar-refractivity contribution < 1.29 is 48.8 Å². The van der Waals surface area contributed by atoms with Crippen molar-refractivity contribution in [3.63, 3.8) is 0 Å². The average molecular weight is 1130 g/mol. The van der Waals surface area contributed by atoms with Crippen molar-refractivity contribution in [2.75, 3.05) is 65.4 Å². The van der Waals surface area contributed by atoms with E-state index in [1.165, 1.54) is 13.8 Å². The first-order chi connectivity index (χ1) is 40.1. The molecule has 18 nitrogen and oxygen atoms in total. The van der Waals surface area contributed by atoms with Gasteiger partial charge in [0.05, 0.1) is 47.0 Å². The van der Waals surface area contributed by atoms with Crippen LogP contribution in [-0.2, 0) is 14.3 Å². The smallest absolute Gasteiger partial charge is 0.320 e. The minimum absolute atomic E-state index is 0.0259. The van der Waals surface area contributed by atoms with Crippen LogP contribution in [0.3, 0.4) is 0 Å². The number of carbonyl (C=O) groups is 6. The number of ether oxygens (including phenoxy) is 1. The number of piperazine rings is 2. The molecule has 2 aromatic heterocycles. The second kappa shape index (κ2) is 25.3. The number of aromatic hydroxyl groups is 2. The molecular formula is C66H68N8O10. The molecule has 0 aliphatic carbocycles. The third-order valence-corrected chi connectivity index (χ3v) is 14.7. The Hall–Kier alpha value is -9.52. The lowest BCUT2D eigenvalue weighted by Gasteiger charge is -2.34. The zero-order valence-corrected chi connectivity index (χ0v) is 48.2. The van der Waals surface area contributed by atoms with Crippen LogP contribution in [0.5, 0.6) is 11.8 Å². The van der Waals surface area contributed by atoms with E-state index < -0.39 is 11.6 Å². The number of carboxylic acids is 1. The van der Waals surface area contributed by atoms with Crippen molar-refractivity contribution in [3.8, 4) is 11.8 Å². The Bertz CT molecular complexity index is 3840. The maximum atomic E-state index is 13.3. The molecule has 5 N–H and O–H groups in total. The highest BCUT2D eigenvalue weighted by Gasteiger charge is 2.28. The van der Waals surface area contributed by atoms with Gasteiger partial charge in [0.2, 0.25) is 0 Å². The molecule has 0 saturated carbocycles. The molecule has 4 heterocycles. The van der Waals surface area contributed by atoms with E-state index in [1.54, 1.807) is 70.5 Å². The molecule has 0 radical (unpaired) electrons. The summed E-state index contributed by atoms with van der Waals surface area (Å²) in [6, 6.07) is 40.5. The molecular weight excluding hydrogens is 1060 g/mol. The van der Waals surface area contributed by atoms with Gasteiger partial charge in [0.1, 0.15) is 5.60 Å². The monoisotopic (exact) mass is 1130 g/mol.